The maximum atomic E-state index is 5.47. The van der Waals surface area contributed by atoms with Gasteiger partial charge < -0.3 is 11.1 Å². The molecule has 0 aromatic rings. The van der Waals surface area contributed by atoms with Gasteiger partial charge in [0.25, 0.3) is 0 Å². The molecule has 0 amide bonds. The molecule has 0 aliphatic heterocycles. The van der Waals surface area contributed by atoms with Crippen molar-refractivity contribution in [3.63, 3.8) is 0 Å². The van der Waals surface area contributed by atoms with Gasteiger partial charge in [0.05, 0.1) is 0 Å². The van der Waals surface area contributed by atoms with Gasteiger partial charge in [-0.2, -0.15) is 0 Å². The third kappa shape index (κ3) is 1.22. The van der Waals surface area contributed by atoms with Crippen LogP contribution in [-0.2, 0) is 0 Å². The second-order valence-corrected chi connectivity index (χ2v) is 4.36. The number of thiocarbonyl (C=S) groups is 1. The molecule has 2 rings (SSSR count). The SMILES string of the molecule is NC(=S)NC12CCC(CC1)C2. The van der Waals surface area contributed by atoms with Gasteiger partial charge in [-0.15, -0.1) is 0 Å². The Morgan fingerprint density at radius 3 is 2.45 bits per heavy atom. The monoisotopic (exact) mass is 170 g/mol. The summed E-state index contributed by atoms with van der Waals surface area (Å²) in [6.07, 6.45) is 6.58. The van der Waals surface area contributed by atoms with Gasteiger partial charge >= 0.3 is 0 Å². The molecule has 11 heavy (non-hydrogen) atoms. The van der Waals surface area contributed by atoms with Crippen molar-refractivity contribution in [3.05, 3.63) is 0 Å². The van der Waals surface area contributed by atoms with E-state index in [0.29, 0.717) is 10.7 Å². The van der Waals surface area contributed by atoms with E-state index in [2.05, 4.69) is 5.32 Å². The Morgan fingerprint density at radius 2 is 2.09 bits per heavy atom. The summed E-state index contributed by atoms with van der Waals surface area (Å²) in [5, 5.41) is 3.74. The number of hydrogen-bond acceptors (Lipinski definition) is 1. The Kier molecular flexibility index (Phi) is 1.56. The van der Waals surface area contributed by atoms with Gasteiger partial charge in [0.2, 0.25) is 0 Å². The highest BCUT2D eigenvalue weighted by atomic mass is 32.1. The Hall–Kier alpha value is -0.310. The molecule has 0 aromatic heterocycles. The fourth-order valence-electron chi connectivity index (χ4n) is 2.63. The third-order valence-electron chi connectivity index (χ3n) is 3.13. The Bertz CT molecular complexity index is 183. The number of rotatable bonds is 1. The minimum atomic E-state index is 0.316. The van der Waals surface area contributed by atoms with E-state index in [4.69, 9.17) is 18.0 Å². The molecule has 2 bridgehead atoms. The van der Waals surface area contributed by atoms with Gasteiger partial charge in [0.15, 0.2) is 5.11 Å². The molecule has 0 radical (unpaired) electrons. The van der Waals surface area contributed by atoms with Crippen molar-refractivity contribution in [1.82, 2.24) is 5.32 Å². The van der Waals surface area contributed by atoms with Crippen LogP contribution in [0.3, 0.4) is 0 Å². The molecule has 2 aliphatic rings. The van der Waals surface area contributed by atoms with Crippen LogP contribution in [0.2, 0.25) is 0 Å². The molecule has 2 nitrogen and oxygen atoms in total. The van der Waals surface area contributed by atoms with Crippen molar-refractivity contribution in [2.75, 3.05) is 0 Å². The van der Waals surface area contributed by atoms with E-state index < -0.39 is 0 Å². The van der Waals surface area contributed by atoms with E-state index >= 15 is 0 Å². The van der Waals surface area contributed by atoms with E-state index in [0.717, 1.165) is 5.92 Å². The van der Waals surface area contributed by atoms with Crippen LogP contribution in [-0.4, -0.2) is 10.7 Å². The van der Waals surface area contributed by atoms with Crippen LogP contribution in [0.1, 0.15) is 32.1 Å². The summed E-state index contributed by atoms with van der Waals surface area (Å²) >= 11 is 4.86. The largest absolute Gasteiger partial charge is 0.376 e. The van der Waals surface area contributed by atoms with Crippen molar-refractivity contribution in [3.8, 4) is 0 Å². The summed E-state index contributed by atoms with van der Waals surface area (Å²) in [5.74, 6) is 0.955. The van der Waals surface area contributed by atoms with Gasteiger partial charge in [-0.3, -0.25) is 0 Å². The van der Waals surface area contributed by atoms with Gasteiger partial charge in [0, 0.05) is 5.54 Å². The first-order chi connectivity index (χ1) is 5.20. The number of nitrogens with two attached hydrogens (primary N) is 1. The average molecular weight is 170 g/mol. The first-order valence-corrected chi connectivity index (χ1v) is 4.69. The number of hydrogen-bond donors (Lipinski definition) is 2. The summed E-state index contributed by atoms with van der Waals surface area (Å²) < 4.78 is 0. The van der Waals surface area contributed by atoms with Gasteiger partial charge in [-0.05, 0) is 50.2 Å². The molecule has 2 aliphatic carbocycles. The molecule has 3 N–H and O–H groups in total. The molecule has 62 valence electrons. The highest BCUT2D eigenvalue weighted by Crippen LogP contribution is 2.47. The lowest BCUT2D eigenvalue weighted by atomic mass is 9.94. The summed E-state index contributed by atoms with van der Waals surface area (Å²) in [6, 6.07) is 0. The van der Waals surface area contributed by atoms with E-state index in [1.54, 1.807) is 0 Å². The predicted octanol–water partition coefficient (Wildman–Crippen LogP) is 1.15. The standard InChI is InChI=1S/C8H14N2S/c9-7(11)10-8-3-1-6(5-8)2-4-8/h6H,1-5H2,(H3,9,10,11). The molecule has 3 heteroatoms. The second-order valence-electron chi connectivity index (χ2n) is 3.92. The minimum absolute atomic E-state index is 0.316. The average Bonchev–Trinajstić information content (AvgIpc) is 2.43. The number of fused-ring (bicyclic) bond motifs is 2. The van der Waals surface area contributed by atoms with Crippen LogP contribution in [0.25, 0.3) is 0 Å². The fraction of sp³-hybridized carbons (Fsp3) is 0.875. The van der Waals surface area contributed by atoms with E-state index in [1.807, 2.05) is 0 Å². The molecule has 2 saturated carbocycles. The molecule has 0 aromatic carbocycles. The summed E-state index contributed by atoms with van der Waals surface area (Å²) in [4.78, 5) is 0. The Balaban J connectivity index is 2.05. The van der Waals surface area contributed by atoms with Gasteiger partial charge in [0.1, 0.15) is 0 Å². The van der Waals surface area contributed by atoms with Crippen molar-refractivity contribution < 1.29 is 0 Å². The summed E-state index contributed by atoms with van der Waals surface area (Å²) in [7, 11) is 0. The fourth-order valence-corrected chi connectivity index (χ4v) is 2.84. The first kappa shape index (κ1) is 7.35. The lowest BCUT2D eigenvalue weighted by Gasteiger charge is -2.27. The highest BCUT2D eigenvalue weighted by molar-refractivity contribution is 7.80. The normalized spacial score (nSPS) is 40.9. The van der Waals surface area contributed by atoms with Crippen LogP contribution in [0.5, 0.6) is 0 Å². The van der Waals surface area contributed by atoms with Crippen LogP contribution in [0, 0.1) is 5.92 Å². The number of nitrogens with one attached hydrogen (secondary N) is 1. The zero-order chi connectivity index (χ0) is 7.90. The van der Waals surface area contributed by atoms with E-state index in [9.17, 15) is 0 Å². The lowest BCUT2D eigenvalue weighted by Crippen LogP contribution is -2.47. The van der Waals surface area contributed by atoms with Gasteiger partial charge in [-0.1, -0.05) is 0 Å². The molecule has 0 atom stereocenters. The zero-order valence-electron chi connectivity index (χ0n) is 6.60. The van der Waals surface area contributed by atoms with Gasteiger partial charge in [-0.25, -0.2) is 0 Å². The zero-order valence-corrected chi connectivity index (χ0v) is 7.41. The van der Waals surface area contributed by atoms with Crippen molar-refractivity contribution in [2.24, 2.45) is 11.7 Å². The molecule has 2 fully saturated rings. The first-order valence-electron chi connectivity index (χ1n) is 4.28. The third-order valence-corrected chi connectivity index (χ3v) is 3.23. The molecule has 0 heterocycles. The Morgan fingerprint density at radius 1 is 1.45 bits per heavy atom. The van der Waals surface area contributed by atoms with E-state index in [-0.39, 0.29) is 0 Å². The Labute approximate surface area is 72.5 Å². The van der Waals surface area contributed by atoms with Crippen LogP contribution in [0.4, 0.5) is 0 Å². The van der Waals surface area contributed by atoms with Crippen LogP contribution < -0.4 is 11.1 Å². The quantitative estimate of drug-likeness (QED) is 0.580. The minimum Gasteiger partial charge on any atom is -0.376 e. The predicted molar refractivity (Wildman–Crippen MR) is 49.2 cm³/mol. The smallest absolute Gasteiger partial charge is 0.164 e. The van der Waals surface area contributed by atoms with E-state index in [1.165, 1.54) is 32.1 Å². The highest BCUT2D eigenvalue weighted by Gasteiger charge is 2.44. The molecular weight excluding hydrogens is 156 g/mol. The maximum Gasteiger partial charge on any atom is 0.164 e. The summed E-state index contributed by atoms with van der Waals surface area (Å²) in [6.45, 7) is 0. The molecule has 0 saturated heterocycles. The maximum absolute atomic E-state index is 5.47. The second kappa shape index (κ2) is 2.34. The topological polar surface area (TPSA) is 38.0 Å². The van der Waals surface area contributed by atoms with Crippen molar-refractivity contribution >= 4 is 17.3 Å². The molecule has 0 spiro atoms. The summed E-state index contributed by atoms with van der Waals surface area (Å²) in [5.41, 5.74) is 5.79. The van der Waals surface area contributed by atoms with Crippen molar-refractivity contribution in [2.45, 2.75) is 37.6 Å². The molecule has 0 unspecified atom stereocenters. The lowest BCUT2D eigenvalue weighted by molar-refractivity contribution is 0.380. The molecular formula is C8H14N2S. The van der Waals surface area contributed by atoms with Crippen LogP contribution in [0.15, 0.2) is 0 Å². The van der Waals surface area contributed by atoms with Crippen molar-refractivity contribution in [1.29, 1.82) is 0 Å². The van der Waals surface area contributed by atoms with Crippen LogP contribution >= 0.6 is 12.2 Å².